The fraction of sp³-hybridized carbons (Fsp3) is 0.238. The molecule has 0 aliphatic rings. The second-order valence-corrected chi connectivity index (χ2v) is 6.35. The molecule has 1 N–H and O–H groups in total. The summed E-state index contributed by atoms with van der Waals surface area (Å²) in [5.74, 6) is 0.182. The first-order valence-electron chi connectivity index (χ1n) is 8.55. The summed E-state index contributed by atoms with van der Waals surface area (Å²) in [5.41, 5.74) is 2.08. The Bertz CT molecular complexity index is 1030. The highest BCUT2D eigenvalue weighted by Gasteiger charge is 2.23. The summed E-state index contributed by atoms with van der Waals surface area (Å²) in [6.07, 6.45) is 0.0617. The van der Waals surface area contributed by atoms with Crippen molar-refractivity contribution < 1.29 is 18.3 Å². The van der Waals surface area contributed by atoms with Gasteiger partial charge in [0.15, 0.2) is 0 Å². The van der Waals surface area contributed by atoms with Gasteiger partial charge in [-0.1, -0.05) is 0 Å². The van der Waals surface area contributed by atoms with E-state index in [9.17, 15) is 9.18 Å². The Labute approximate surface area is 156 Å². The Balaban J connectivity index is 2.28. The molecule has 6 heteroatoms. The van der Waals surface area contributed by atoms with Gasteiger partial charge in [-0.2, -0.15) is 5.26 Å². The molecule has 0 bridgehead atoms. The van der Waals surface area contributed by atoms with Crippen LogP contribution in [0.2, 0.25) is 0 Å². The molecule has 0 fully saturated rings. The average molecular weight is 366 g/mol. The van der Waals surface area contributed by atoms with E-state index in [1.165, 1.54) is 19.2 Å². The Morgan fingerprint density at radius 3 is 2.59 bits per heavy atom. The Kier molecular flexibility index (Phi) is 5.13. The van der Waals surface area contributed by atoms with Crippen LogP contribution in [0.5, 0.6) is 5.75 Å². The van der Waals surface area contributed by atoms with E-state index in [1.54, 1.807) is 24.3 Å². The molecule has 0 aliphatic carbocycles. The number of nitrogens with one attached hydrogen (secondary N) is 1. The molecule has 5 nitrogen and oxygen atoms in total. The summed E-state index contributed by atoms with van der Waals surface area (Å²) < 4.78 is 25.1. The molecule has 0 aliphatic heterocycles. The number of hydrogen-bond donors (Lipinski definition) is 1. The third-order valence-corrected chi connectivity index (χ3v) is 4.06. The van der Waals surface area contributed by atoms with E-state index in [0.29, 0.717) is 39.2 Å². The van der Waals surface area contributed by atoms with Gasteiger partial charge in [-0.3, -0.25) is 4.79 Å². The number of nitriles is 1. The van der Waals surface area contributed by atoms with Crippen molar-refractivity contribution in [1.29, 1.82) is 5.26 Å². The lowest BCUT2D eigenvalue weighted by atomic mass is 10.0. The normalized spacial score (nSPS) is 10.8. The van der Waals surface area contributed by atoms with Crippen LogP contribution in [0.15, 0.2) is 40.8 Å². The maximum absolute atomic E-state index is 13.3. The molecule has 27 heavy (non-hydrogen) atoms. The number of hydrogen-bond acceptors (Lipinski definition) is 4. The molecule has 0 saturated carbocycles. The predicted octanol–water partition coefficient (Wildman–Crippen LogP) is 4.45. The maximum Gasteiger partial charge on any atom is 0.255 e. The van der Waals surface area contributed by atoms with Gasteiger partial charge in [0, 0.05) is 23.6 Å². The second kappa shape index (κ2) is 7.50. The average Bonchev–Trinajstić information content (AvgIpc) is 3.00. The molecule has 0 unspecified atom stereocenters. The molecule has 138 valence electrons. The largest absolute Gasteiger partial charge is 0.491 e. The van der Waals surface area contributed by atoms with Gasteiger partial charge >= 0.3 is 0 Å². The highest BCUT2D eigenvalue weighted by molar-refractivity contribution is 6.11. The van der Waals surface area contributed by atoms with Crippen molar-refractivity contribution in [1.82, 2.24) is 5.32 Å². The lowest BCUT2D eigenvalue weighted by Gasteiger charge is -2.13. The fourth-order valence-electron chi connectivity index (χ4n) is 2.91. The van der Waals surface area contributed by atoms with Gasteiger partial charge < -0.3 is 14.5 Å². The van der Waals surface area contributed by atoms with E-state index in [0.717, 1.165) is 0 Å². The van der Waals surface area contributed by atoms with Crippen LogP contribution in [0.1, 0.15) is 29.8 Å². The monoisotopic (exact) mass is 366 g/mol. The first-order valence-corrected chi connectivity index (χ1v) is 8.55. The van der Waals surface area contributed by atoms with Crippen LogP contribution in [0, 0.1) is 17.1 Å². The number of nitrogens with zero attached hydrogens (tertiary/aromatic N) is 1. The number of fused-ring (bicyclic) bond motifs is 1. The zero-order chi connectivity index (χ0) is 19.6. The van der Waals surface area contributed by atoms with Crippen LogP contribution in [-0.2, 0) is 6.42 Å². The van der Waals surface area contributed by atoms with Crippen molar-refractivity contribution in [2.45, 2.75) is 26.4 Å². The number of furan rings is 1. The zero-order valence-corrected chi connectivity index (χ0v) is 15.3. The molecule has 0 atom stereocenters. The smallest absolute Gasteiger partial charge is 0.255 e. The van der Waals surface area contributed by atoms with E-state index in [1.807, 2.05) is 13.8 Å². The predicted molar refractivity (Wildman–Crippen MR) is 100 cm³/mol. The molecule has 2 aromatic carbocycles. The number of ether oxygens (including phenoxy) is 1. The van der Waals surface area contributed by atoms with E-state index < -0.39 is 0 Å². The van der Waals surface area contributed by atoms with Crippen LogP contribution < -0.4 is 10.1 Å². The third kappa shape index (κ3) is 3.63. The molecule has 0 radical (unpaired) electrons. The van der Waals surface area contributed by atoms with Gasteiger partial charge in [0.2, 0.25) is 0 Å². The molecule has 1 amide bonds. The molecule has 3 rings (SSSR count). The number of amides is 1. The Morgan fingerprint density at radius 2 is 2.00 bits per heavy atom. The number of benzene rings is 2. The van der Waals surface area contributed by atoms with Gasteiger partial charge in [-0.05, 0) is 50.2 Å². The quantitative estimate of drug-likeness (QED) is 0.724. The summed E-state index contributed by atoms with van der Waals surface area (Å²) in [5, 5.41) is 12.3. The molecule has 1 aromatic heterocycles. The first-order chi connectivity index (χ1) is 12.9. The molecule has 3 aromatic rings. The molecule has 0 saturated heterocycles. The number of halogens is 1. The van der Waals surface area contributed by atoms with Gasteiger partial charge in [-0.25, -0.2) is 4.39 Å². The summed E-state index contributed by atoms with van der Waals surface area (Å²) in [4.78, 5) is 12.6. The van der Waals surface area contributed by atoms with E-state index in [4.69, 9.17) is 14.4 Å². The molecular formula is C21H19FN2O3. The summed E-state index contributed by atoms with van der Waals surface area (Å²) >= 11 is 0. The summed E-state index contributed by atoms with van der Waals surface area (Å²) in [6, 6.07) is 11.3. The minimum atomic E-state index is -0.375. The van der Waals surface area contributed by atoms with Crippen molar-refractivity contribution >= 4 is 16.9 Å². The van der Waals surface area contributed by atoms with E-state index in [2.05, 4.69) is 11.4 Å². The van der Waals surface area contributed by atoms with Gasteiger partial charge in [0.05, 0.1) is 24.2 Å². The topological polar surface area (TPSA) is 75.3 Å². The Morgan fingerprint density at radius 1 is 1.30 bits per heavy atom. The van der Waals surface area contributed by atoms with Crippen LogP contribution >= 0.6 is 0 Å². The van der Waals surface area contributed by atoms with Crippen molar-refractivity contribution in [2.24, 2.45) is 0 Å². The highest BCUT2D eigenvalue weighted by atomic mass is 19.1. The minimum absolute atomic E-state index is 0.0909. The van der Waals surface area contributed by atoms with Crippen molar-refractivity contribution in [3.05, 3.63) is 53.3 Å². The third-order valence-electron chi connectivity index (χ3n) is 4.06. The minimum Gasteiger partial charge on any atom is -0.491 e. The fourth-order valence-corrected chi connectivity index (χ4v) is 2.91. The van der Waals surface area contributed by atoms with Crippen molar-refractivity contribution in [3.8, 4) is 23.1 Å². The standard InChI is InChI=1S/C21H19FN2O3/c1-12(2)26-17-11-16-18(10-14(17)8-9-23)27-20(19(16)21(25)24-3)13-4-6-15(22)7-5-13/h4-7,10-12H,8H2,1-3H3,(H,24,25). The van der Waals surface area contributed by atoms with E-state index in [-0.39, 0.29) is 24.2 Å². The van der Waals surface area contributed by atoms with Crippen LogP contribution in [-0.4, -0.2) is 19.1 Å². The van der Waals surface area contributed by atoms with Crippen LogP contribution in [0.4, 0.5) is 4.39 Å². The zero-order valence-electron chi connectivity index (χ0n) is 15.3. The lowest BCUT2D eigenvalue weighted by Crippen LogP contribution is -2.18. The lowest BCUT2D eigenvalue weighted by molar-refractivity contribution is 0.0964. The summed E-state index contributed by atoms with van der Waals surface area (Å²) in [6.45, 7) is 3.78. The van der Waals surface area contributed by atoms with Crippen molar-refractivity contribution in [2.75, 3.05) is 7.05 Å². The van der Waals surface area contributed by atoms with E-state index >= 15 is 0 Å². The Hall–Kier alpha value is -3.33. The number of carbonyl (C=O) groups is 1. The van der Waals surface area contributed by atoms with Gasteiger partial charge in [0.1, 0.15) is 22.9 Å². The maximum atomic E-state index is 13.3. The second-order valence-electron chi connectivity index (χ2n) is 6.35. The highest BCUT2D eigenvalue weighted by Crippen LogP contribution is 2.37. The summed E-state index contributed by atoms with van der Waals surface area (Å²) in [7, 11) is 1.53. The van der Waals surface area contributed by atoms with Gasteiger partial charge in [-0.15, -0.1) is 0 Å². The SMILES string of the molecule is CNC(=O)c1c(-c2ccc(F)cc2)oc2cc(CC#N)c(OC(C)C)cc12. The van der Waals surface area contributed by atoms with Crippen molar-refractivity contribution in [3.63, 3.8) is 0 Å². The number of carbonyl (C=O) groups excluding carboxylic acids is 1. The van der Waals surface area contributed by atoms with Crippen LogP contribution in [0.3, 0.4) is 0 Å². The number of rotatable bonds is 5. The molecule has 1 heterocycles. The molecule has 0 spiro atoms. The first kappa shape index (κ1) is 18.5. The van der Waals surface area contributed by atoms with Gasteiger partial charge in [0.25, 0.3) is 5.91 Å². The van der Waals surface area contributed by atoms with Crippen LogP contribution in [0.25, 0.3) is 22.3 Å². The molecular weight excluding hydrogens is 347 g/mol.